The predicted molar refractivity (Wildman–Crippen MR) is 470 cm³/mol. The number of nitrogens with one attached hydrogen (secondary N) is 2. The van der Waals surface area contributed by atoms with Gasteiger partial charge in [0, 0.05) is 59.7 Å². The molecule has 2 N–H and O–H groups in total. The molecule has 0 atom stereocenters. The summed E-state index contributed by atoms with van der Waals surface area (Å²) in [4.78, 5) is 34.7. The lowest BCUT2D eigenvalue weighted by Gasteiger charge is -2.16. The lowest BCUT2D eigenvalue weighted by Crippen LogP contribution is -2.15. The maximum Gasteiger partial charge on any atom is 0.191 e. The van der Waals surface area contributed by atoms with Crippen LogP contribution in [0.3, 0.4) is 0 Å². The molecule has 618 valence electrons. The van der Waals surface area contributed by atoms with Crippen molar-refractivity contribution in [3.8, 4) is 78.3 Å². The number of H-pyrrole nitrogens is 2. The molecule has 9 heterocycles. The number of aryl methyl sites for hydroxylation is 3. The van der Waals surface area contributed by atoms with E-state index >= 15 is 0 Å². The molecule has 5 aromatic carbocycles. The van der Waals surface area contributed by atoms with Gasteiger partial charge < -0.3 is 4.74 Å². The zero-order valence-corrected chi connectivity index (χ0v) is 72.9. The second-order valence-corrected chi connectivity index (χ2v) is 34.0. The van der Waals surface area contributed by atoms with Gasteiger partial charge in [0.25, 0.3) is 0 Å². The van der Waals surface area contributed by atoms with Crippen LogP contribution in [0, 0.1) is 24.0 Å². The highest BCUT2D eigenvalue weighted by molar-refractivity contribution is 7.15. The van der Waals surface area contributed by atoms with Crippen LogP contribution in [0.4, 0.5) is 8.78 Å². The molecule has 0 saturated heterocycles. The minimum absolute atomic E-state index is 0. The Hall–Kier alpha value is -10.7. The normalized spacial score (nSPS) is 11.2. The minimum Gasteiger partial charge on any atom is -0.383 e. The van der Waals surface area contributed by atoms with Crippen molar-refractivity contribution >= 4 is 22.7 Å². The molecule has 0 aliphatic heterocycles. The summed E-state index contributed by atoms with van der Waals surface area (Å²) in [6.07, 6.45) is 11.1. The van der Waals surface area contributed by atoms with Gasteiger partial charge in [0.15, 0.2) is 40.8 Å². The lowest BCUT2D eigenvalue weighted by atomic mass is 9.97. The highest BCUT2D eigenvalue weighted by Gasteiger charge is 2.18. The largest absolute Gasteiger partial charge is 0.383 e. The SMILES string of the molecule is C.CC(C)c1ccc(-c2ncn(C(C)C)n2)cc1.CC(C)c1ccc(-c2ncn(C)n2)s1.CC(C)c1ccc(-c2ncn(CC(C)(C)C)n2)cc1.CC(C)c1ccc(-c2ncn[nH]2)s1.CCCn1cnc(-c2ccc(C(C)C)cc2F)n1.COCCn1cnc(-c2ccc(C(C)C)cc2F)n1.Cc1nc(-c2ccc(C(C)C)cc2)n[nH]1. The summed E-state index contributed by atoms with van der Waals surface area (Å²) < 4.78 is 41.9. The summed E-state index contributed by atoms with van der Waals surface area (Å²) in [5, 5.41) is 35.4. The molecule has 0 spiro atoms. The van der Waals surface area contributed by atoms with Crippen molar-refractivity contribution in [1.29, 1.82) is 0 Å². The number of methoxy groups -OCH3 is 1. The molecule has 9 aromatic heterocycles. The Bertz CT molecular complexity index is 5140. The molecular weight excluding hydrogens is 1490 g/mol. The molecule has 0 amide bonds. The fourth-order valence-corrected chi connectivity index (χ4v) is 13.0. The Morgan fingerprint density at radius 3 is 1.25 bits per heavy atom. The number of benzene rings is 5. The van der Waals surface area contributed by atoms with E-state index in [1.807, 2.05) is 69.5 Å². The first kappa shape index (κ1) is 92.5. The van der Waals surface area contributed by atoms with Crippen molar-refractivity contribution in [1.82, 2.24) is 104 Å². The first-order valence-electron chi connectivity index (χ1n) is 39.6. The van der Waals surface area contributed by atoms with E-state index in [1.165, 1.54) is 32.8 Å². The maximum atomic E-state index is 14.0. The molecule has 0 aliphatic rings. The van der Waals surface area contributed by atoms with E-state index in [1.54, 1.807) is 93.4 Å². The topological polar surface area (TPSA) is 246 Å². The second kappa shape index (κ2) is 44.4. The van der Waals surface area contributed by atoms with Crippen LogP contribution in [-0.2, 0) is 31.4 Å². The zero-order valence-electron chi connectivity index (χ0n) is 71.3. The van der Waals surface area contributed by atoms with Crippen LogP contribution in [0.1, 0.15) is 243 Å². The first-order chi connectivity index (χ1) is 54.8. The summed E-state index contributed by atoms with van der Waals surface area (Å²) >= 11 is 3.53. The van der Waals surface area contributed by atoms with E-state index in [0.717, 1.165) is 92.0 Å². The highest BCUT2D eigenvalue weighted by atomic mass is 32.1. The highest BCUT2D eigenvalue weighted by Crippen LogP contribution is 2.33. The third-order valence-corrected chi connectivity index (χ3v) is 20.8. The number of aromatic amines is 2. The maximum absolute atomic E-state index is 14.0. The average Bonchev–Trinajstić information content (AvgIpc) is 1.60. The van der Waals surface area contributed by atoms with Gasteiger partial charge in [0.1, 0.15) is 55.4 Å². The summed E-state index contributed by atoms with van der Waals surface area (Å²) in [7, 11) is 3.51. The summed E-state index contributed by atoms with van der Waals surface area (Å²) in [5.74, 6) is 8.69. The summed E-state index contributed by atoms with van der Waals surface area (Å²) in [6.45, 7) is 47.7. The van der Waals surface area contributed by atoms with Crippen LogP contribution in [0.5, 0.6) is 0 Å². The molecule has 0 aliphatic carbocycles. The van der Waals surface area contributed by atoms with E-state index < -0.39 is 0 Å². The van der Waals surface area contributed by atoms with Crippen molar-refractivity contribution in [2.75, 3.05) is 13.7 Å². The minimum atomic E-state index is -0.282. The van der Waals surface area contributed by atoms with Gasteiger partial charge >= 0.3 is 0 Å². The number of hydrogen-bond donors (Lipinski definition) is 2. The zero-order chi connectivity index (χ0) is 83.6. The third-order valence-electron chi connectivity index (χ3n) is 18.0. The van der Waals surface area contributed by atoms with Gasteiger partial charge in [-0.05, 0) is 150 Å². The Morgan fingerprint density at radius 2 is 0.862 bits per heavy atom. The van der Waals surface area contributed by atoms with Gasteiger partial charge in [-0.2, -0.15) is 35.7 Å². The summed E-state index contributed by atoms with van der Waals surface area (Å²) in [6, 6.07) is 44.7. The lowest BCUT2D eigenvalue weighted by molar-refractivity contribution is 0.183. The molecule has 116 heavy (non-hydrogen) atoms. The van der Waals surface area contributed by atoms with Gasteiger partial charge in [0.2, 0.25) is 0 Å². The van der Waals surface area contributed by atoms with Crippen LogP contribution in [0.15, 0.2) is 171 Å². The van der Waals surface area contributed by atoms with Crippen LogP contribution >= 0.6 is 22.7 Å². The van der Waals surface area contributed by atoms with Gasteiger partial charge in [-0.15, -0.1) is 22.7 Å². The second-order valence-electron chi connectivity index (χ2n) is 31.8. The monoisotopic (exact) mass is 1610 g/mol. The van der Waals surface area contributed by atoms with Crippen molar-refractivity contribution < 1.29 is 13.5 Å². The van der Waals surface area contributed by atoms with Gasteiger partial charge in [0.05, 0.1) is 34.0 Å². The number of thiophene rings is 2. The number of halogens is 2. The number of aromatic nitrogens is 21. The average molecular weight is 1620 g/mol. The van der Waals surface area contributed by atoms with Crippen LogP contribution in [-0.4, -0.2) is 118 Å². The molecule has 0 saturated carbocycles. The summed E-state index contributed by atoms with van der Waals surface area (Å²) in [5.41, 5.74) is 10.3. The molecule has 22 nitrogen and oxygen atoms in total. The fourth-order valence-electron chi connectivity index (χ4n) is 11.1. The first-order valence-corrected chi connectivity index (χ1v) is 41.2. The Labute approximate surface area is 693 Å². The third kappa shape index (κ3) is 28.1. The molecule has 0 fully saturated rings. The van der Waals surface area contributed by atoms with E-state index in [9.17, 15) is 8.78 Å². The number of hydrogen-bond acceptors (Lipinski definition) is 17. The van der Waals surface area contributed by atoms with Crippen molar-refractivity contribution in [2.45, 2.75) is 226 Å². The molecule has 26 heteroatoms. The van der Waals surface area contributed by atoms with Gasteiger partial charge in [-0.25, -0.2) is 48.4 Å². The molecule has 0 bridgehead atoms. The predicted octanol–water partition coefficient (Wildman–Crippen LogP) is 23.1. The quantitative estimate of drug-likeness (QED) is 0.0679. The molecule has 0 unspecified atom stereocenters. The van der Waals surface area contributed by atoms with Gasteiger partial charge in [-0.1, -0.05) is 217 Å². The van der Waals surface area contributed by atoms with Crippen molar-refractivity contribution in [3.63, 3.8) is 0 Å². The van der Waals surface area contributed by atoms with Crippen LogP contribution in [0.25, 0.3) is 78.3 Å². The fraction of sp³-hybridized carbons (Fsp3) is 0.422. The van der Waals surface area contributed by atoms with Gasteiger partial charge in [-0.3, -0.25) is 28.9 Å². The van der Waals surface area contributed by atoms with E-state index in [0.29, 0.717) is 83.4 Å². The standard InChI is InChI=1S/C16H23N3.C14H18FN3O.C14H18FN3.C14H19N3.C12H15N3.C10H13N3S.C9H11N3S.CH4/c1-12(2)13-6-8-14(9-7-13)15-17-11-19(18-15)10-16(3,4)5;1-10(2)11-4-5-12(13(15)8-11)14-16-9-18(17-14)6-7-19-3;1-4-7-18-9-16-14(17-18)12-6-5-11(10(2)3)8-13(12)15;1-10(2)12-5-7-13(8-6-12)14-15-9-17(16-14)11(3)4;1-8(2)10-4-6-11(7-5-10)12-13-9(3)14-15-12;1-7(2)8-4-5-9(14-8)10-11-6-13(3)12-10;1-6(2)7-3-4-8(13-7)9-10-5-11-12-9;/h6-9,11-12H,10H2,1-5H3;4-5,8-10H,6-7H2,1-3H3;5-6,8-10H,4,7H2,1-3H3;5-11H,1-4H3;4-8H,1-3H3,(H,13,14,15);4-7H,1-3H3;3-6H,1-2H3,(H,10,11,12);1H4. The van der Waals surface area contributed by atoms with E-state index in [-0.39, 0.29) is 24.5 Å². The number of rotatable bonds is 21. The van der Waals surface area contributed by atoms with Crippen LogP contribution < -0.4 is 0 Å². The molecule has 14 rings (SSSR count). The molecular formula is C90H121F2N21OS2. The Morgan fingerprint density at radius 1 is 0.440 bits per heavy atom. The Balaban J connectivity index is 0.000000187. The number of ether oxygens (including phenoxy) is 1. The van der Waals surface area contributed by atoms with Crippen molar-refractivity contribution in [2.24, 2.45) is 12.5 Å². The smallest absolute Gasteiger partial charge is 0.191 e. The van der Waals surface area contributed by atoms with Crippen molar-refractivity contribution in [3.05, 3.63) is 226 Å². The Kier molecular flexibility index (Phi) is 35.4. The van der Waals surface area contributed by atoms with E-state index in [2.05, 4.69) is 289 Å². The number of nitrogens with zero attached hydrogens (tertiary/aromatic N) is 19. The molecule has 14 aromatic rings. The van der Waals surface area contributed by atoms with E-state index in [4.69, 9.17) is 4.74 Å². The van der Waals surface area contributed by atoms with Crippen LogP contribution in [0.2, 0.25) is 0 Å². The molecule has 0 radical (unpaired) electrons.